The van der Waals surface area contributed by atoms with Gasteiger partial charge in [0.25, 0.3) is 0 Å². The van der Waals surface area contributed by atoms with Crippen LogP contribution in [0.1, 0.15) is 12.5 Å². The zero-order chi connectivity index (χ0) is 15.5. The largest absolute Gasteiger partial charge is 0.356 e. The predicted molar refractivity (Wildman–Crippen MR) is 94.7 cm³/mol. The van der Waals surface area contributed by atoms with E-state index in [1.54, 1.807) is 18.3 Å². The first-order chi connectivity index (χ1) is 10.6. The van der Waals surface area contributed by atoms with Gasteiger partial charge >= 0.3 is 0 Å². The van der Waals surface area contributed by atoms with Crippen LogP contribution in [0.25, 0.3) is 20.5 Å². The summed E-state index contributed by atoms with van der Waals surface area (Å²) in [6.45, 7) is 2.17. The van der Waals surface area contributed by atoms with E-state index in [0.29, 0.717) is 6.54 Å². The van der Waals surface area contributed by atoms with Crippen molar-refractivity contribution in [1.82, 2.24) is 5.32 Å². The Hall–Kier alpha value is -1.84. The molecule has 0 spiro atoms. The highest BCUT2D eigenvalue weighted by Gasteiger charge is 2.14. The molecule has 3 rings (SSSR count). The first-order valence-corrected chi connectivity index (χ1v) is 8.35. The quantitative estimate of drug-likeness (QED) is 0.724. The number of carbonyl (C=O) groups excluding carboxylic acids is 1. The van der Waals surface area contributed by atoms with Gasteiger partial charge in [0.05, 0.1) is 0 Å². The van der Waals surface area contributed by atoms with Crippen LogP contribution < -0.4 is 5.32 Å². The van der Waals surface area contributed by atoms with Crippen molar-refractivity contribution < 1.29 is 4.79 Å². The molecule has 1 aromatic heterocycles. The van der Waals surface area contributed by atoms with Crippen molar-refractivity contribution in [2.45, 2.75) is 13.3 Å². The molecule has 22 heavy (non-hydrogen) atoms. The number of rotatable bonds is 4. The minimum Gasteiger partial charge on any atom is -0.356 e. The molecule has 1 amide bonds. The van der Waals surface area contributed by atoms with Crippen LogP contribution in [0.5, 0.6) is 0 Å². The van der Waals surface area contributed by atoms with Gasteiger partial charge < -0.3 is 5.32 Å². The Balaban J connectivity index is 2.07. The Morgan fingerprint density at radius 2 is 1.95 bits per heavy atom. The highest BCUT2D eigenvalue weighted by molar-refractivity contribution is 7.22. The van der Waals surface area contributed by atoms with Crippen molar-refractivity contribution in [3.8, 4) is 10.4 Å². The van der Waals surface area contributed by atoms with E-state index < -0.39 is 0 Å². The van der Waals surface area contributed by atoms with E-state index in [-0.39, 0.29) is 5.91 Å². The summed E-state index contributed by atoms with van der Waals surface area (Å²) in [7, 11) is 0. The number of amides is 1. The highest BCUT2D eigenvalue weighted by atomic mass is 35.5. The van der Waals surface area contributed by atoms with E-state index in [9.17, 15) is 4.79 Å². The van der Waals surface area contributed by atoms with Crippen LogP contribution in [0.3, 0.4) is 0 Å². The number of hydrogen-bond donors (Lipinski definition) is 1. The van der Waals surface area contributed by atoms with E-state index >= 15 is 0 Å². The predicted octanol–water partition coefficient (Wildman–Crippen LogP) is 4.90. The lowest BCUT2D eigenvalue weighted by atomic mass is 10.0. The molecular formula is C18H16ClNOS. The van der Waals surface area contributed by atoms with Crippen molar-refractivity contribution in [1.29, 1.82) is 0 Å². The summed E-state index contributed by atoms with van der Waals surface area (Å²) in [6.07, 6.45) is 0.796. The second kappa shape index (κ2) is 6.51. The second-order valence-corrected chi connectivity index (χ2v) is 6.64. The third-order valence-electron chi connectivity index (χ3n) is 3.54. The molecule has 0 fully saturated rings. The molecule has 0 aliphatic carbocycles. The number of nitrogens with one attached hydrogen (secondary N) is 1. The molecule has 2 nitrogen and oxygen atoms in total. The van der Waals surface area contributed by atoms with Gasteiger partial charge in [0, 0.05) is 28.1 Å². The van der Waals surface area contributed by atoms with Crippen molar-refractivity contribution in [3.05, 3.63) is 59.1 Å². The first-order valence-electron chi connectivity index (χ1n) is 7.16. The van der Waals surface area contributed by atoms with Crippen molar-refractivity contribution in [2.24, 2.45) is 0 Å². The van der Waals surface area contributed by atoms with Gasteiger partial charge in [-0.15, -0.1) is 11.3 Å². The minimum atomic E-state index is -0.00108. The minimum absolute atomic E-state index is 0.00108. The van der Waals surface area contributed by atoms with Gasteiger partial charge in [-0.1, -0.05) is 41.9 Å². The normalized spacial score (nSPS) is 10.8. The first kappa shape index (κ1) is 15.1. The van der Waals surface area contributed by atoms with E-state index in [0.717, 1.165) is 11.4 Å². The van der Waals surface area contributed by atoms with E-state index in [1.807, 2.05) is 30.3 Å². The zero-order valence-corrected chi connectivity index (χ0v) is 13.8. The van der Waals surface area contributed by atoms with Crippen molar-refractivity contribution >= 4 is 38.9 Å². The topological polar surface area (TPSA) is 29.1 Å². The molecule has 3 aromatic rings. The summed E-state index contributed by atoms with van der Waals surface area (Å²) in [5.74, 6) is -0.00108. The number of benzene rings is 2. The number of halogens is 1. The molecule has 2 aromatic carbocycles. The van der Waals surface area contributed by atoms with Gasteiger partial charge in [0.2, 0.25) is 5.91 Å². The maximum absolute atomic E-state index is 11.1. The summed E-state index contributed by atoms with van der Waals surface area (Å²) in [6, 6.07) is 16.4. The molecule has 0 aliphatic rings. The number of carbonyl (C=O) groups is 1. The fraction of sp³-hybridized carbons (Fsp3) is 0.167. The van der Waals surface area contributed by atoms with Crippen LogP contribution >= 0.6 is 22.9 Å². The van der Waals surface area contributed by atoms with E-state index in [2.05, 4.69) is 23.5 Å². The summed E-state index contributed by atoms with van der Waals surface area (Å²) >= 11 is 7.94. The molecule has 0 bridgehead atoms. The fourth-order valence-electron chi connectivity index (χ4n) is 2.56. The molecule has 0 radical (unpaired) electrons. The van der Waals surface area contributed by atoms with Crippen LogP contribution in [0, 0.1) is 0 Å². The van der Waals surface area contributed by atoms with Crippen LogP contribution in [0.4, 0.5) is 0 Å². The van der Waals surface area contributed by atoms with Crippen LogP contribution in [-0.2, 0) is 11.2 Å². The fourth-order valence-corrected chi connectivity index (χ4v) is 3.96. The smallest absolute Gasteiger partial charge is 0.216 e. The Kier molecular flexibility index (Phi) is 4.46. The second-order valence-electron chi connectivity index (χ2n) is 5.15. The van der Waals surface area contributed by atoms with E-state index in [1.165, 1.54) is 26.1 Å². The molecule has 4 heteroatoms. The zero-order valence-electron chi connectivity index (χ0n) is 12.2. The molecular weight excluding hydrogens is 314 g/mol. The van der Waals surface area contributed by atoms with Gasteiger partial charge in [-0.3, -0.25) is 4.79 Å². The molecule has 1 N–H and O–H groups in total. The summed E-state index contributed by atoms with van der Waals surface area (Å²) in [5.41, 5.74) is 2.46. The van der Waals surface area contributed by atoms with Gasteiger partial charge in [-0.2, -0.15) is 0 Å². The molecule has 0 saturated carbocycles. The summed E-state index contributed by atoms with van der Waals surface area (Å²) in [4.78, 5) is 12.4. The summed E-state index contributed by atoms with van der Waals surface area (Å²) < 4.78 is 1.22. The molecule has 0 aliphatic heterocycles. The lowest BCUT2D eigenvalue weighted by Crippen LogP contribution is -2.22. The molecule has 0 unspecified atom stereocenters. The maximum Gasteiger partial charge on any atom is 0.216 e. The Morgan fingerprint density at radius 3 is 2.68 bits per heavy atom. The Bertz CT molecular complexity index is 811. The molecule has 112 valence electrons. The average molecular weight is 330 g/mol. The number of hydrogen-bond acceptors (Lipinski definition) is 2. The number of thiophene rings is 1. The van der Waals surface area contributed by atoms with Crippen molar-refractivity contribution in [3.63, 3.8) is 0 Å². The van der Waals surface area contributed by atoms with Gasteiger partial charge in [-0.25, -0.2) is 0 Å². The monoisotopic (exact) mass is 329 g/mol. The molecule has 0 atom stereocenters. The summed E-state index contributed by atoms with van der Waals surface area (Å²) in [5, 5.41) is 4.80. The lowest BCUT2D eigenvalue weighted by Gasteiger charge is -2.06. The van der Waals surface area contributed by atoms with Gasteiger partial charge in [0.1, 0.15) is 0 Å². The van der Waals surface area contributed by atoms with Crippen molar-refractivity contribution in [2.75, 3.05) is 6.54 Å². The molecule has 0 saturated heterocycles. The third kappa shape index (κ3) is 3.16. The Morgan fingerprint density at radius 1 is 1.18 bits per heavy atom. The maximum atomic E-state index is 11.1. The van der Waals surface area contributed by atoms with Gasteiger partial charge in [-0.05, 0) is 41.1 Å². The van der Waals surface area contributed by atoms with E-state index in [4.69, 9.17) is 11.6 Å². The SMILES string of the molecule is CC(=O)NCCc1c(-c2ccccc2)sc2ccc(Cl)cc12. The Labute approximate surface area is 138 Å². The van der Waals surface area contributed by atoms with Crippen LogP contribution in [0.15, 0.2) is 48.5 Å². The third-order valence-corrected chi connectivity index (χ3v) is 5.03. The van der Waals surface area contributed by atoms with Crippen LogP contribution in [-0.4, -0.2) is 12.5 Å². The highest BCUT2D eigenvalue weighted by Crippen LogP contribution is 2.39. The number of fused-ring (bicyclic) bond motifs is 1. The standard InChI is InChI=1S/C18H16ClNOS/c1-12(21)20-10-9-15-16-11-14(19)7-8-17(16)22-18(15)13-5-3-2-4-6-13/h2-8,11H,9-10H2,1H3,(H,20,21). The molecule has 1 heterocycles. The average Bonchev–Trinajstić information content (AvgIpc) is 2.86. The van der Waals surface area contributed by atoms with Crippen LogP contribution in [0.2, 0.25) is 5.02 Å². The van der Waals surface area contributed by atoms with Gasteiger partial charge in [0.15, 0.2) is 0 Å². The lowest BCUT2D eigenvalue weighted by molar-refractivity contribution is -0.118.